The maximum absolute atomic E-state index is 12.2. The summed E-state index contributed by atoms with van der Waals surface area (Å²) in [5, 5.41) is 29.9. The zero-order chi connectivity index (χ0) is 18.4. The first kappa shape index (κ1) is 17.2. The average molecular weight is 368 g/mol. The second kappa shape index (κ2) is 6.48. The van der Waals surface area contributed by atoms with E-state index in [0.717, 1.165) is 0 Å². The van der Waals surface area contributed by atoms with Crippen molar-refractivity contribution >= 4 is 23.1 Å². The zero-order valence-electron chi connectivity index (χ0n) is 13.8. The molecule has 2 saturated heterocycles. The van der Waals surface area contributed by atoms with E-state index in [9.17, 15) is 20.1 Å². The van der Waals surface area contributed by atoms with Crippen molar-refractivity contribution in [1.29, 1.82) is 0 Å². The predicted octanol–water partition coefficient (Wildman–Crippen LogP) is -2.85. The van der Waals surface area contributed by atoms with Gasteiger partial charge in [-0.25, -0.2) is 4.98 Å². The van der Waals surface area contributed by atoms with Crippen LogP contribution in [0.1, 0.15) is 6.23 Å². The van der Waals surface area contributed by atoms with Crippen molar-refractivity contribution in [3.8, 4) is 0 Å². The van der Waals surface area contributed by atoms with Crippen LogP contribution in [0.3, 0.4) is 0 Å². The van der Waals surface area contributed by atoms with Crippen LogP contribution < -0.4 is 16.2 Å². The van der Waals surface area contributed by atoms with Crippen molar-refractivity contribution in [3.63, 3.8) is 0 Å². The Balaban J connectivity index is 1.89. The van der Waals surface area contributed by atoms with Crippen molar-refractivity contribution in [2.24, 2.45) is 0 Å². The molecule has 2 aliphatic rings. The van der Waals surface area contributed by atoms with Gasteiger partial charge in [-0.2, -0.15) is 4.98 Å². The van der Waals surface area contributed by atoms with Crippen LogP contribution in [0.2, 0.25) is 0 Å². The molecule has 12 nitrogen and oxygen atoms in total. The molecule has 0 amide bonds. The van der Waals surface area contributed by atoms with Gasteiger partial charge in [0.05, 0.1) is 19.8 Å². The maximum atomic E-state index is 12.2. The van der Waals surface area contributed by atoms with Gasteiger partial charge in [0.15, 0.2) is 17.4 Å². The summed E-state index contributed by atoms with van der Waals surface area (Å²) in [6.45, 7) is 1.53. The first-order chi connectivity index (χ1) is 12.5. The number of H-pyrrole nitrogens is 1. The fraction of sp³-hybridized carbons (Fsp3) is 0.643. The minimum atomic E-state index is -1.34. The number of hydrogen-bond donors (Lipinski definition) is 5. The molecule has 2 aromatic heterocycles. The Bertz CT molecular complexity index is 861. The third kappa shape index (κ3) is 2.62. The van der Waals surface area contributed by atoms with Crippen LogP contribution in [-0.2, 0) is 9.47 Å². The number of imidazole rings is 1. The summed E-state index contributed by atoms with van der Waals surface area (Å²) < 4.78 is 12.4. The largest absolute Gasteiger partial charge is 0.394 e. The molecule has 12 heteroatoms. The maximum Gasteiger partial charge on any atom is 0.280 e. The Morgan fingerprint density at radius 1 is 1.23 bits per heavy atom. The third-order valence-electron chi connectivity index (χ3n) is 4.62. The standard InChI is InChI=1S/C14H20N6O6/c15-13-17-10-7(11(24)18-13)16-14(19-1-3-25-4-2-19)20(10)12-9(23)8(22)6(5-21)26-12/h6,8-9,12,21-23H,1-5H2,(H3,15,17,18,24). The van der Waals surface area contributed by atoms with Gasteiger partial charge >= 0.3 is 0 Å². The van der Waals surface area contributed by atoms with E-state index in [0.29, 0.717) is 32.3 Å². The molecule has 2 fully saturated rings. The molecule has 0 radical (unpaired) electrons. The van der Waals surface area contributed by atoms with E-state index in [1.54, 1.807) is 0 Å². The number of ether oxygens (including phenoxy) is 2. The molecule has 0 saturated carbocycles. The van der Waals surface area contributed by atoms with Crippen LogP contribution in [-0.4, -0.2) is 86.1 Å². The molecule has 0 aliphatic carbocycles. The lowest BCUT2D eigenvalue weighted by molar-refractivity contribution is -0.0506. The molecule has 2 aliphatic heterocycles. The topological polar surface area (TPSA) is 172 Å². The molecule has 0 bridgehead atoms. The van der Waals surface area contributed by atoms with Crippen LogP contribution in [0.25, 0.3) is 11.2 Å². The molecule has 4 unspecified atom stereocenters. The number of hydrogen-bond acceptors (Lipinski definition) is 10. The first-order valence-electron chi connectivity index (χ1n) is 8.24. The molecule has 4 rings (SSSR count). The lowest BCUT2D eigenvalue weighted by atomic mass is 10.1. The molecular formula is C14H20N6O6. The third-order valence-corrected chi connectivity index (χ3v) is 4.62. The molecule has 4 atom stereocenters. The van der Waals surface area contributed by atoms with Gasteiger partial charge in [-0.3, -0.25) is 14.3 Å². The number of nitrogens with two attached hydrogens (primary N) is 1. The Kier molecular flexibility index (Phi) is 4.28. The number of aliphatic hydroxyl groups is 3. The van der Waals surface area contributed by atoms with E-state index in [1.807, 2.05) is 4.90 Å². The van der Waals surface area contributed by atoms with Crippen molar-refractivity contribution in [3.05, 3.63) is 10.4 Å². The van der Waals surface area contributed by atoms with E-state index in [-0.39, 0.29) is 17.1 Å². The number of fused-ring (bicyclic) bond motifs is 1. The first-order valence-corrected chi connectivity index (χ1v) is 8.24. The highest BCUT2D eigenvalue weighted by Crippen LogP contribution is 2.35. The Morgan fingerprint density at radius 3 is 2.62 bits per heavy atom. The number of anilines is 2. The average Bonchev–Trinajstić information content (AvgIpc) is 3.14. The molecule has 0 spiro atoms. The number of nitrogen functional groups attached to an aromatic ring is 1. The Hall–Kier alpha value is -2.25. The van der Waals surface area contributed by atoms with E-state index < -0.39 is 36.7 Å². The van der Waals surface area contributed by atoms with E-state index in [2.05, 4.69) is 15.0 Å². The highest BCUT2D eigenvalue weighted by Gasteiger charge is 2.45. The lowest BCUT2D eigenvalue weighted by Gasteiger charge is -2.30. The van der Waals surface area contributed by atoms with Gasteiger partial charge in [0.2, 0.25) is 11.9 Å². The normalized spacial score (nSPS) is 29.6. The second-order valence-electron chi connectivity index (χ2n) is 6.23. The summed E-state index contributed by atoms with van der Waals surface area (Å²) in [5.74, 6) is 0.241. The summed E-state index contributed by atoms with van der Waals surface area (Å²) in [6, 6.07) is 0. The van der Waals surface area contributed by atoms with E-state index in [1.165, 1.54) is 4.57 Å². The number of rotatable bonds is 3. The number of aromatic nitrogens is 4. The summed E-state index contributed by atoms with van der Waals surface area (Å²) >= 11 is 0. The highest BCUT2D eigenvalue weighted by molar-refractivity contribution is 5.75. The molecule has 0 aromatic carbocycles. The van der Waals surface area contributed by atoms with Crippen molar-refractivity contribution in [2.75, 3.05) is 43.5 Å². The molecule has 4 heterocycles. The van der Waals surface area contributed by atoms with Gasteiger partial charge in [0.1, 0.15) is 18.3 Å². The van der Waals surface area contributed by atoms with Crippen LogP contribution in [0.5, 0.6) is 0 Å². The second-order valence-corrected chi connectivity index (χ2v) is 6.23. The minimum Gasteiger partial charge on any atom is -0.394 e. The lowest BCUT2D eigenvalue weighted by Crippen LogP contribution is -2.39. The van der Waals surface area contributed by atoms with Crippen LogP contribution in [0, 0.1) is 0 Å². The monoisotopic (exact) mass is 368 g/mol. The summed E-state index contributed by atoms with van der Waals surface area (Å²) in [5.41, 5.74) is 5.31. The van der Waals surface area contributed by atoms with Gasteiger partial charge in [-0.1, -0.05) is 0 Å². The summed E-state index contributed by atoms with van der Waals surface area (Å²) in [6.07, 6.45) is -4.69. The van der Waals surface area contributed by atoms with Gasteiger partial charge in [0.25, 0.3) is 5.56 Å². The van der Waals surface area contributed by atoms with Crippen molar-refractivity contribution in [1.82, 2.24) is 19.5 Å². The summed E-state index contributed by atoms with van der Waals surface area (Å²) in [7, 11) is 0. The number of morpholine rings is 1. The van der Waals surface area contributed by atoms with Crippen molar-refractivity contribution in [2.45, 2.75) is 24.5 Å². The molecule has 2 aromatic rings. The van der Waals surface area contributed by atoms with Crippen LogP contribution in [0.15, 0.2) is 4.79 Å². The van der Waals surface area contributed by atoms with Gasteiger partial charge in [0, 0.05) is 13.1 Å². The number of nitrogens with zero attached hydrogens (tertiary/aromatic N) is 4. The fourth-order valence-electron chi connectivity index (χ4n) is 3.30. The number of aliphatic hydroxyl groups excluding tert-OH is 3. The predicted molar refractivity (Wildman–Crippen MR) is 88.6 cm³/mol. The molecule has 6 N–H and O–H groups in total. The van der Waals surface area contributed by atoms with E-state index in [4.69, 9.17) is 15.2 Å². The minimum absolute atomic E-state index is 0.0402. The quantitative estimate of drug-likeness (QED) is 0.379. The van der Waals surface area contributed by atoms with Gasteiger partial charge < -0.3 is 35.4 Å². The Morgan fingerprint density at radius 2 is 1.96 bits per heavy atom. The van der Waals surface area contributed by atoms with Gasteiger partial charge in [-0.15, -0.1) is 0 Å². The molecule has 142 valence electrons. The SMILES string of the molecule is Nc1nc2c(nc(N3CCOCC3)n2C2OC(CO)C(O)C2O)c(=O)[nH]1. The number of nitrogens with one attached hydrogen (secondary N) is 1. The van der Waals surface area contributed by atoms with Crippen molar-refractivity contribution < 1.29 is 24.8 Å². The zero-order valence-corrected chi connectivity index (χ0v) is 13.8. The highest BCUT2D eigenvalue weighted by atomic mass is 16.6. The smallest absolute Gasteiger partial charge is 0.280 e. The van der Waals surface area contributed by atoms with Crippen LogP contribution in [0.4, 0.5) is 11.9 Å². The van der Waals surface area contributed by atoms with Gasteiger partial charge in [-0.05, 0) is 0 Å². The molecule has 26 heavy (non-hydrogen) atoms. The summed E-state index contributed by atoms with van der Waals surface area (Å²) in [4.78, 5) is 25.0. The molecular weight excluding hydrogens is 348 g/mol. The Labute approximate surface area is 146 Å². The van der Waals surface area contributed by atoms with Crippen LogP contribution >= 0.6 is 0 Å². The van der Waals surface area contributed by atoms with E-state index >= 15 is 0 Å². The fourth-order valence-corrected chi connectivity index (χ4v) is 3.30. The number of aromatic amines is 1.